The monoisotopic (exact) mass is 453 g/mol. The molecule has 1 saturated heterocycles. The molecule has 0 saturated carbocycles. The number of hydrogen-bond donors (Lipinski definition) is 3. The molecule has 0 spiro atoms. The summed E-state index contributed by atoms with van der Waals surface area (Å²) in [5.41, 5.74) is 12.7. The maximum Gasteiger partial charge on any atom is 0.316 e. The summed E-state index contributed by atoms with van der Waals surface area (Å²) in [5, 5.41) is 2.48. The Morgan fingerprint density at radius 2 is 1.66 bits per heavy atom. The van der Waals surface area contributed by atoms with Gasteiger partial charge in [-0.15, -0.1) is 0 Å². The van der Waals surface area contributed by atoms with Crippen molar-refractivity contribution < 1.29 is 17.9 Å². The lowest BCUT2D eigenvalue weighted by Gasteiger charge is -2.36. The van der Waals surface area contributed by atoms with Crippen molar-refractivity contribution in [1.82, 2.24) is 9.97 Å². The van der Waals surface area contributed by atoms with E-state index in [4.69, 9.17) is 16.2 Å². The fraction of sp³-hybridized carbons (Fsp3) is 0.227. The van der Waals surface area contributed by atoms with Crippen LogP contribution in [0.1, 0.15) is 18.5 Å². The van der Waals surface area contributed by atoms with Crippen LogP contribution in [0.25, 0.3) is 11.4 Å². The second kappa shape index (κ2) is 8.56. The van der Waals surface area contributed by atoms with Gasteiger partial charge in [0.15, 0.2) is 15.7 Å². The zero-order chi connectivity index (χ0) is 22.8. The average molecular weight is 454 g/mol. The standard InChI is InChI=1S/C22H23N5O4S/c23-19-14-18(26-20(27-19)15-6-8-16(9-7-15)25-21(24)28)22(10-12-31-13-11-22)32(29,30)17-4-2-1-3-5-17/h1-9,14H,10-13H2,(H2,23,26,27)(H3,24,25,28). The first-order valence-electron chi connectivity index (χ1n) is 10.0. The van der Waals surface area contributed by atoms with Crippen molar-refractivity contribution in [3.05, 3.63) is 66.4 Å². The average Bonchev–Trinajstić information content (AvgIpc) is 2.80. The molecule has 0 radical (unpaired) electrons. The number of sulfone groups is 1. The Bertz CT molecular complexity index is 1220. The lowest BCUT2D eigenvalue weighted by Crippen LogP contribution is -2.42. The van der Waals surface area contributed by atoms with E-state index in [1.165, 1.54) is 6.07 Å². The fourth-order valence-electron chi connectivity index (χ4n) is 3.86. The number of nitrogens with two attached hydrogens (primary N) is 2. The van der Waals surface area contributed by atoms with Crippen LogP contribution in [0.15, 0.2) is 65.6 Å². The number of nitrogens with zero attached hydrogens (tertiary/aromatic N) is 2. The molecule has 1 fully saturated rings. The van der Waals surface area contributed by atoms with Crippen molar-refractivity contribution in [2.24, 2.45) is 5.73 Å². The number of nitrogens with one attached hydrogen (secondary N) is 1. The van der Waals surface area contributed by atoms with E-state index in [2.05, 4.69) is 15.3 Å². The number of anilines is 2. The van der Waals surface area contributed by atoms with Crippen LogP contribution in [0, 0.1) is 0 Å². The first kappa shape index (κ1) is 21.7. The van der Waals surface area contributed by atoms with E-state index in [0.717, 1.165) is 0 Å². The normalized spacial score (nSPS) is 15.8. The smallest absolute Gasteiger partial charge is 0.316 e. The molecule has 3 aromatic rings. The maximum absolute atomic E-state index is 13.8. The molecule has 0 aliphatic carbocycles. The van der Waals surface area contributed by atoms with Gasteiger partial charge in [-0.3, -0.25) is 0 Å². The van der Waals surface area contributed by atoms with E-state index in [1.807, 2.05) is 0 Å². The van der Waals surface area contributed by atoms with Crippen molar-refractivity contribution in [1.29, 1.82) is 0 Å². The highest BCUT2D eigenvalue weighted by Crippen LogP contribution is 2.43. The Morgan fingerprint density at radius 1 is 1.00 bits per heavy atom. The number of aromatic nitrogens is 2. The van der Waals surface area contributed by atoms with Gasteiger partial charge in [0.25, 0.3) is 0 Å². The van der Waals surface area contributed by atoms with Gasteiger partial charge in [-0.05, 0) is 49.2 Å². The van der Waals surface area contributed by atoms with Crippen molar-refractivity contribution in [2.45, 2.75) is 22.5 Å². The molecule has 1 aliphatic heterocycles. The number of carbonyl (C=O) groups excluding carboxylic acids is 1. The van der Waals surface area contributed by atoms with Crippen LogP contribution in [0.5, 0.6) is 0 Å². The number of hydrogen-bond acceptors (Lipinski definition) is 7. The number of ether oxygens (including phenoxy) is 1. The van der Waals surface area contributed by atoms with E-state index in [-0.39, 0.29) is 23.6 Å². The number of nitrogen functional groups attached to an aromatic ring is 1. The van der Waals surface area contributed by atoms with Crippen LogP contribution in [0.2, 0.25) is 0 Å². The van der Waals surface area contributed by atoms with Gasteiger partial charge < -0.3 is 21.5 Å². The summed E-state index contributed by atoms with van der Waals surface area (Å²) < 4.78 is 31.8. The molecule has 0 atom stereocenters. The minimum absolute atomic E-state index is 0.165. The van der Waals surface area contributed by atoms with Gasteiger partial charge in [-0.25, -0.2) is 23.2 Å². The predicted molar refractivity (Wildman–Crippen MR) is 120 cm³/mol. The molecular formula is C22H23N5O4S. The molecule has 1 aromatic heterocycles. The minimum atomic E-state index is -3.80. The lowest BCUT2D eigenvalue weighted by atomic mass is 9.94. The summed E-state index contributed by atoms with van der Waals surface area (Å²) in [7, 11) is -3.80. The van der Waals surface area contributed by atoms with Gasteiger partial charge in [0.05, 0.1) is 10.6 Å². The third kappa shape index (κ3) is 4.02. The Labute approximate surface area is 185 Å². The highest BCUT2D eigenvalue weighted by molar-refractivity contribution is 7.92. The van der Waals surface area contributed by atoms with Gasteiger partial charge in [-0.1, -0.05) is 18.2 Å². The number of urea groups is 1. The highest BCUT2D eigenvalue weighted by Gasteiger charge is 2.49. The van der Waals surface area contributed by atoms with Gasteiger partial charge >= 0.3 is 6.03 Å². The summed E-state index contributed by atoms with van der Waals surface area (Å²) in [6.07, 6.45) is 0.503. The van der Waals surface area contributed by atoms with Gasteiger partial charge in [-0.2, -0.15) is 0 Å². The van der Waals surface area contributed by atoms with Gasteiger partial charge in [0.2, 0.25) is 0 Å². The molecule has 1 aliphatic rings. The van der Waals surface area contributed by atoms with Crippen LogP contribution in [-0.4, -0.2) is 37.6 Å². The first-order valence-corrected chi connectivity index (χ1v) is 11.5. The summed E-state index contributed by atoms with van der Waals surface area (Å²) in [6, 6.07) is 15.9. The molecule has 2 heterocycles. The number of amides is 2. The zero-order valence-corrected chi connectivity index (χ0v) is 18.0. The van der Waals surface area contributed by atoms with Crippen molar-refractivity contribution in [3.8, 4) is 11.4 Å². The third-order valence-corrected chi connectivity index (χ3v) is 8.03. The molecule has 2 amide bonds. The van der Waals surface area contributed by atoms with Crippen molar-refractivity contribution >= 4 is 27.4 Å². The molecule has 32 heavy (non-hydrogen) atoms. The molecule has 10 heteroatoms. The molecule has 9 nitrogen and oxygen atoms in total. The molecular weight excluding hydrogens is 430 g/mol. The fourth-order valence-corrected chi connectivity index (χ4v) is 5.91. The largest absolute Gasteiger partial charge is 0.384 e. The summed E-state index contributed by atoms with van der Waals surface area (Å²) in [5.74, 6) is 0.457. The second-order valence-electron chi connectivity index (χ2n) is 7.49. The summed E-state index contributed by atoms with van der Waals surface area (Å²) in [6.45, 7) is 0.581. The Kier molecular flexibility index (Phi) is 5.81. The minimum Gasteiger partial charge on any atom is -0.384 e. The molecule has 0 bridgehead atoms. The molecule has 0 unspecified atom stereocenters. The molecule has 5 N–H and O–H groups in total. The number of rotatable bonds is 5. The summed E-state index contributed by atoms with van der Waals surface area (Å²) in [4.78, 5) is 20.2. The quantitative estimate of drug-likeness (QED) is 0.537. The lowest BCUT2D eigenvalue weighted by molar-refractivity contribution is 0.0730. The molecule has 4 rings (SSSR count). The Hall–Kier alpha value is -3.50. The van der Waals surface area contributed by atoms with Crippen LogP contribution in [0.3, 0.4) is 0 Å². The molecule has 2 aromatic carbocycles. The maximum atomic E-state index is 13.8. The van der Waals surface area contributed by atoms with E-state index in [0.29, 0.717) is 36.0 Å². The second-order valence-corrected chi connectivity index (χ2v) is 9.75. The zero-order valence-electron chi connectivity index (χ0n) is 17.2. The van der Waals surface area contributed by atoms with E-state index >= 15 is 0 Å². The van der Waals surface area contributed by atoms with Crippen molar-refractivity contribution in [3.63, 3.8) is 0 Å². The number of benzene rings is 2. The third-order valence-electron chi connectivity index (χ3n) is 5.49. The van der Waals surface area contributed by atoms with E-state index in [9.17, 15) is 13.2 Å². The van der Waals surface area contributed by atoms with Crippen LogP contribution >= 0.6 is 0 Å². The highest BCUT2D eigenvalue weighted by atomic mass is 32.2. The van der Waals surface area contributed by atoms with Crippen LogP contribution in [-0.2, 0) is 19.3 Å². The molecule has 166 valence electrons. The Balaban J connectivity index is 1.82. The topological polar surface area (TPSA) is 150 Å². The first-order chi connectivity index (χ1) is 15.3. The van der Waals surface area contributed by atoms with E-state index in [1.54, 1.807) is 54.6 Å². The van der Waals surface area contributed by atoms with Crippen molar-refractivity contribution in [2.75, 3.05) is 24.3 Å². The Morgan fingerprint density at radius 3 is 2.28 bits per heavy atom. The summed E-state index contributed by atoms with van der Waals surface area (Å²) >= 11 is 0. The van der Waals surface area contributed by atoms with Crippen LogP contribution < -0.4 is 16.8 Å². The van der Waals surface area contributed by atoms with Crippen LogP contribution in [0.4, 0.5) is 16.3 Å². The SMILES string of the molecule is NC(=O)Nc1ccc(-c2nc(N)cc(C3(S(=O)(=O)c4ccccc4)CCOCC3)n2)cc1. The predicted octanol–water partition coefficient (Wildman–Crippen LogP) is 2.70. The number of carbonyl (C=O) groups is 1. The van der Waals surface area contributed by atoms with Gasteiger partial charge in [0, 0.05) is 30.5 Å². The number of primary amides is 1. The van der Waals surface area contributed by atoms with E-state index < -0.39 is 20.6 Å². The van der Waals surface area contributed by atoms with Gasteiger partial charge in [0.1, 0.15) is 10.6 Å².